The third-order valence-electron chi connectivity index (χ3n) is 9.01. The van der Waals surface area contributed by atoms with Crippen molar-refractivity contribution in [2.24, 2.45) is 0 Å². The van der Waals surface area contributed by atoms with Crippen LogP contribution < -0.4 is 9.64 Å². The third-order valence-corrected chi connectivity index (χ3v) is 9.01. The lowest BCUT2D eigenvalue weighted by atomic mass is 9.86. The summed E-state index contributed by atoms with van der Waals surface area (Å²) >= 11 is 0. The fourth-order valence-corrected chi connectivity index (χ4v) is 6.55. The molecule has 204 valence electrons. The maximum absolute atomic E-state index is 13.8. The van der Waals surface area contributed by atoms with Crippen molar-refractivity contribution in [3.8, 4) is 5.75 Å². The smallest absolute Gasteiger partial charge is 0.320 e. The van der Waals surface area contributed by atoms with Crippen molar-refractivity contribution < 1.29 is 14.3 Å². The van der Waals surface area contributed by atoms with E-state index in [0.717, 1.165) is 57.6 Å². The van der Waals surface area contributed by atoms with E-state index in [2.05, 4.69) is 46.2 Å². The van der Waals surface area contributed by atoms with Gasteiger partial charge in [0.05, 0.1) is 7.11 Å². The Balaban J connectivity index is 1.19. The minimum absolute atomic E-state index is 0.0460. The van der Waals surface area contributed by atoms with Crippen LogP contribution in [0.2, 0.25) is 0 Å². The van der Waals surface area contributed by atoms with Gasteiger partial charge in [-0.15, -0.1) is 0 Å². The first-order chi connectivity index (χ1) is 18.5. The molecule has 0 radical (unpaired) electrons. The first-order valence-electron chi connectivity index (χ1n) is 14.2. The highest BCUT2D eigenvalue weighted by molar-refractivity contribution is 5.81. The molecular formula is C31H42N4O3. The van der Waals surface area contributed by atoms with Crippen LogP contribution in [0.4, 0.5) is 10.5 Å². The zero-order valence-corrected chi connectivity index (χ0v) is 23.2. The minimum Gasteiger partial charge on any atom is -0.497 e. The van der Waals surface area contributed by atoms with Gasteiger partial charge in [0.25, 0.3) is 0 Å². The summed E-state index contributed by atoms with van der Waals surface area (Å²) in [4.78, 5) is 34.9. The maximum atomic E-state index is 13.8. The summed E-state index contributed by atoms with van der Waals surface area (Å²) in [5.41, 5.74) is 4.38. The van der Waals surface area contributed by atoms with Gasteiger partial charge in [0, 0.05) is 58.0 Å². The van der Waals surface area contributed by atoms with E-state index in [0.29, 0.717) is 19.4 Å². The molecule has 0 saturated carbocycles. The van der Waals surface area contributed by atoms with E-state index < -0.39 is 5.54 Å². The average molecular weight is 519 g/mol. The monoisotopic (exact) mass is 518 g/mol. The Kier molecular flexibility index (Phi) is 7.93. The van der Waals surface area contributed by atoms with Crippen molar-refractivity contribution >= 4 is 18.0 Å². The Morgan fingerprint density at radius 2 is 1.71 bits per heavy atom. The van der Waals surface area contributed by atoms with Crippen molar-refractivity contribution in [1.82, 2.24) is 14.7 Å². The summed E-state index contributed by atoms with van der Waals surface area (Å²) in [7, 11) is 3.57. The number of rotatable bonds is 8. The molecule has 2 heterocycles. The molecule has 0 bridgehead atoms. The molecule has 2 saturated heterocycles. The van der Waals surface area contributed by atoms with Gasteiger partial charge in [-0.1, -0.05) is 18.2 Å². The number of nitrogens with zero attached hydrogens (tertiary/aromatic N) is 4. The van der Waals surface area contributed by atoms with Crippen molar-refractivity contribution in [3.63, 3.8) is 0 Å². The van der Waals surface area contributed by atoms with E-state index in [1.807, 2.05) is 29.8 Å². The number of ether oxygens (including phenoxy) is 1. The number of methoxy groups -OCH3 is 1. The summed E-state index contributed by atoms with van der Waals surface area (Å²) in [6.07, 6.45) is 6.58. The summed E-state index contributed by atoms with van der Waals surface area (Å²) in [5, 5.41) is 0. The predicted molar refractivity (Wildman–Crippen MR) is 151 cm³/mol. The molecule has 2 aliphatic heterocycles. The highest BCUT2D eigenvalue weighted by Gasteiger charge is 2.43. The fourth-order valence-electron chi connectivity index (χ4n) is 6.55. The Labute approximate surface area is 227 Å². The molecule has 1 unspecified atom stereocenters. The largest absolute Gasteiger partial charge is 0.497 e. The fraction of sp³-hybridized carbons (Fsp3) is 0.548. The van der Waals surface area contributed by atoms with E-state index in [-0.39, 0.29) is 12.1 Å². The Morgan fingerprint density at radius 1 is 1.03 bits per heavy atom. The number of carbonyl (C=O) groups excluding carboxylic acids is 2. The number of piperidine rings is 1. The second-order valence-electron chi connectivity index (χ2n) is 11.2. The number of amides is 2. The van der Waals surface area contributed by atoms with E-state index in [1.165, 1.54) is 35.2 Å². The van der Waals surface area contributed by atoms with Crippen molar-refractivity contribution in [2.45, 2.75) is 63.6 Å². The summed E-state index contributed by atoms with van der Waals surface area (Å²) < 4.78 is 5.38. The van der Waals surface area contributed by atoms with Crippen LogP contribution >= 0.6 is 0 Å². The molecule has 5 rings (SSSR count). The zero-order chi connectivity index (χ0) is 26.7. The van der Waals surface area contributed by atoms with Gasteiger partial charge in [0.1, 0.15) is 17.6 Å². The minimum atomic E-state index is -0.745. The molecule has 3 aliphatic rings. The van der Waals surface area contributed by atoms with Gasteiger partial charge >= 0.3 is 6.03 Å². The van der Waals surface area contributed by atoms with Gasteiger partial charge in [-0.25, -0.2) is 4.79 Å². The standard InChI is InChI=1S/C31H42N4O3/c1-4-35(30(37)32(2)28-19-25-9-12-29(38-3)21-26(25)20-28)31(23-36)13-17-33(18-14-31)22-24-7-10-27(11-8-24)34-15-5-6-16-34/h7-12,21,23,28H,4-6,13-20,22H2,1-3H3. The summed E-state index contributed by atoms with van der Waals surface area (Å²) in [6.45, 7) is 7.29. The van der Waals surface area contributed by atoms with Crippen LogP contribution in [0.3, 0.4) is 0 Å². The molecule has 1 atom stereocenters. The van der Waals surface area contributed by atoms with E-state index in [1.54, 1.807) is 7.11 Å². The molecule has 2 aromatic rings. The summed E-state index contributed by atoms with van der Waals surface area (Å²) in [6, 6.07) is 15.2. The van der Waals surface area contributed by atoms with Crippen LogP contribution in [0.15, 0.2) is 42.5 Å². The number of anilines is 1. The lowest BCUT2D eigenvalue weighted by molar-refractivity contribution is -0.120. The molecule has 1 aliphatic carbocycles. The second-order valence-corrected chi connectivity index (χ2v) is 11.2. The molecule has 7 nitrogen and oxygen atoms in total. The predicted octanol–water partition coefficient (Wildman–Crippen LogP) is 4.37. The number of hydrogen-bond acceptors (Lipinski definition) is 5. The Hall–Kier alpha value is -3.06. The van der Waals surface area contributed by atoms with E-state index in [9.17, 15) is 9.59 Å². The quantitative estimate of drug-likeness (QED) is 0.486. The summed E-state index contributed by atoms with van der Waals surface area (Å²) in [5.74, 6) is 0.850. The van der Waals surface area contributed by atoms with E-state index >= 15 is 0 Å². The van der Waals surface area contributed by atoms with Gasteiger partial charge in [-0.2, -0.15) is 0 Å². The SMILES string of the molecule is CCN(C(=O)N(C)C1Cc2ccc(OC)cc2C1)C1(C=O)CCN(Cc2ccc(N3CCCC3)cc2)CC1. The van der Waals surface area contributed by atoms with Gasteiger partial charge in [-0.3, -0.25) is 4.90 Å². The molecule has 0 N–H and O–H groups in total. The Bertz CT molecular complexity index is 1120. The highest BCUT2D eigenvalue weighted by Crippen LogP contribution is 2.32. The highest BCUT2D eigenvalue weighted by atomic mass is 16.5. The van der Waals surface area contributed by atoms with Crippen molar-refractivity contribution in [3.05, 3.63) is 59.2 Å². The lowest BCUT2D eigenvalue weighted by Crippen LogP contribution is -2.61. The molecule has 7 heteroatoms. The first kappa shape index (κ1) is 26.5. The van der Waals surface area contributed by atoms with Crippen LogP contribution in [0.5, 0.6) is 5.75 Å². The van der Waals surface area contributed by atoms with Crippen LogP contribution in [0.25, 0.3) is 0 Å². The number of fused-ring (bicyclic) bond motifs is 1. The van der Waals surface area contributed by atoms with Crippen LogP contribution in [-0.4, -0.2) is 85.5 Å². The molecule has 0 spiro atoms. The first-order valence-corrected chi connectivity index (χ1v) is 14.2. The maximum Gasteiger partial charge on any atom is 0.320 e. The lowest BCUT2D eigenvalue weighted by Gasteiger charge is -2.46. The van der Waals surface area contributed by atoms with Gasteiger partial charge in [0.2, 0.25) is 0 Å². The normalized spacial score (nSPS) is 20.7. The number of aldehydes is 1. The number of hydrogen-bond donors (Lipinski definition) is 0. The number of urea groups is 1. The average Bonchev–Trinajstić information content (AvgIpc) is 3.64. The Morgan fingerprint density at radius 3 is 2.34 bits per heavy atom. The molecule has 2 amide bonds. The topological polar surface area (TPSA) is 56.3 Å². The van der Waals surface area contributed by atoms with Gasteiger partial charge < -0.3 is 24.2 Å². The van der Waals surface area contributed by atoms with Gasteiger partial charge in [-0.05, 0) is 86.4 Å². The molecule has 38 heavy (non-hydrogen) atoms. The van der Waals surface area contributed by atoms with Gasteiger partial charge in [0.15, 0.2) is 0 Å². The van der Waals surface area contributed by atoms with Crippen LogP contribution in [0.1, 0.15) is 49.3 Å². The number of likely N-dealkylation sites (N-methyl/N-ethyl adjacent to an activating group) is 2. The van der Waals surface area contributed by atoms with Crippen LogP contribution in [0, 0.1) is 0 Å². The van der Waals surface area contributed by atoms with Crippen LogP contribution in [-0.2, 0) is 24.2 Å². The molecule has 2 fully saturated rings. The number of likely N-dealkylation sites (tertiary alicyclic amines) is 1. The van der Waals surface area contributed by atoms with Crippen molar-refractivity contribution in [1.29, 1.82) is 0 Å². The molecule has 0 aromatic heterocycles. The number of carbonyl (C=O) groups is 2. The molecular weight excluding hydrogens is 476 g/mol. The number of benzene rings is 2. The third kappa shape index (κ3) is 5.26. The van der Waals surface area contributed by atoms with E-state index in [4.69, 9.17) is 4.74 Å². The second kappa shape index (κ2) is 11.4. The molecule has 2 aromatic carbocycles. The zero-order valence-electron chi connectivity index (χ0n) is 23.2. The van der Waals surface area contributed by atoms with Crippen molar-refractivity contribution in [2.75, 3.05) is 51.8 Å².